The van der Waals surface area contributed by atoms with E-state index >= 15 is 0 Å². The van der Waals surface area contributed by atoms with Crippen molar-refractivity contribution in [2.75, 3.05) is 13.1 Å². The molecule has 0 bridgehead atoms. The van der Waals surface area contributed by atoms with Crippen molar-refractivity contribution in [1.29, 1.82) is 0 Å². The summed E-state index contributed by atoms with van der Waals surface area (Å²) in [6.07, 6.45) is -7.51. The van der Waals surface area contributed by atoms with Crippen LogP contribution in [0.4, 0.5) is 57.1 Å². The molecule has 0 aliphatic carbocycles. The topological polar surface area (TPSA) is 77.8 Å². The monoisotopic (exact) mass is 541 g/mol. The van der Waals surface area contributed by atoms with Crippen molar-refractivity contribution in [2.24, 2.45) is 0 Å². The van der Waals surface area contributed by atoms with Gasteiger partial charge in [0.15, 0.2) is 0 Å². The van der Waals surface area contributed by atoms with Gasteiger partial charge in [0.25, 0.3) is 0 Å². The molecule has 5 nitrogen and oxygen atoms in total. The molecule has 0 aliphatic rings. The van der Waals surface area contributed by atoms with Crippen LogP contribution in [0.2, 0.25) is 0 Å². The van der Waals surface area contributed by atoms with E-state index in [1.54, 1.807) is 0 Å². The number of benzene rings is 1. The molecule has 0 aromatic heterocycles. The first kappa shape index (κ1) is 30.2. The summed E-state index contributed by atoms with van der Waals surface area (Å²) in [6.45, 7) is -2.49. The van der Waals surface area contributed by atoms with Gasteiger partial charge in [-0.25, -0.2) is 0 Å². The minimum Gasteiger partial charge on any atom is -0.480 e. The number of halogens is 13. The van der Waals surface area contributed by atoms with E-state index in [2.05, 4.69) is 0 Å². The number of aliphatic carboxylic acids is 2. The quantitative estimate of drug-likeness (QED) is 0.392. The highest BCUT2D eigenvalue weighted by Crippen LogP contribution is 2.62. The minimum atomic E-state index is -8.01. The van der Waals surface area contributed by atoms with Crippen LogP contribution in [-0.2, 0) is 22.1 Å². The van der Waals surface area contributed by atoms with E-state index in [1.165, 1.54) is 0 Å². The maximum atomic E-state index is 14.1. The molecule has 0 amide bonds. The lowest BCUT2D eigenvalue weighted by atomic mass is 9.90. The Morgan fingerprint density at radius 3 is 1.34 bits per heavy atom. The number of nitrogens with zero attached hydrogens (tertiary/aromatic N) is 1. The van der Waals surface area contributed by atoms with Crippen LogP contribution in [-0.4, -0.2) is 70.0 Å². The summed E-state index contributed by atoms with van der Waals surface area (Å²) < 4.78 is 172. The van der Waals surface area contributed by atoms with Crippen LogP contribution in [0, 0.1) is 0 Å². The van der Waals surface area contributed by atoms with Crippen molar-refractivity contribution >= 4 is 11.9 Å². The van der Waals surface area contributed by atoms with Gasteiger partial charge in [-0.3, -0.25) is 14.5 Å². The van der Waals surface area contributed by atoms with Crippen LogP contribution in [0.1, 0.15) is 11.1 Å². The van der Waals surface area contributed by atoms with Crippen molar-refractivity contribution in [1.82, 2.24) is 4.90 Å². The van der Waals surface area contributed by atoms with Crippen molar-refractivity contribution in [3.8, 4) is 0 Å². The Labute approximate surface area is 185 Å². The number of hydrogen-bond acceptors (Lipinski definition) is 3. The third-order valence-electron chi connectivity index (χ3n) is 4.37. The fourth-order valence-corrected chi connectivity index (χ4v) is 2.58. The molecule has 0 unspecified atom stereocenters. The molecule has 18 heteroatoms. The molecule has 200 valence electrons. The highest BCUT2D eigenvalue weighted by atomic mass is 19.4. The van der Waals surface area contributed by atoms with Gasteiger partial charge in [-0.2, -0.15) is 57.1 Å². The number of carboxylic acid groups (broad SMARTS) is 2. The Hall–Kier alpha value is -2.79. The van der Waals surface area contributed by atoms with E-state index in [-0.39, 0.29) is 17.7 Å². The van der Waals surface area contributed by atoms with Crippen LogP contribution in [0.3, 0.4) is 0 Å². The van der Waals surface area contributed by atoms with Crippen molar-refractivity contribution < 1.29 is 76.9 Å². The van der Waals surface area contributed by atoms with Gasteiger partial charge in [-0.15, -0.1) is 0 Å². The maximum absolute atomic E-state index is 14.1. The first-order valence-corrected chi connectivity index (χ1v) is 8.64. The van der Waals surface area contributed by atoms with Crippen LogP contribution >= 0.6 is 0 Å². The molecule has 0 fully saturated rings. The maximum Gasteiger partial charge on any atom is 0.460 e. The normalized spacial score (nSPS) is 14.3. The molecular formula is C17H12F13NO4. The summed E-state index contributed by atoms with van der Waals surface area (Å²) >= 11 is 0. The molecule has 1 rings (SSSR count). The van der Waals surface area contributed by atoms with Gasteiger partial charge in [0.1, 0.15) is 0 Å². The van der Waals surface area contributed by atoms with E-state index in [4.69, 9.17) is 10.2 Å². The fraction of sp³-hybridized carbons (Fsp3) is 0.529. The third-order valence-corrected chi connectivity index (χ3v) is 4.37. The van der Waals surface area contributed by atoms with E-state index < -0.39 is 72.9 Å². The second kappa shape index (κ2) is 9.34. The highest BCUT2D eigenvalue weighted by molar-refractivity contribution is 5.72. The molecule has 1 aromatic carbocycles. The van der Waals surface area contributed by atoms with Gasteiger partial charge in [-0.1, -0.05) is 24.3 Å². The van der Waals surface area contributed by atoms with Gasteiger partial charge in [0.05, 0.1) is 13.1 Å². The molecular weight excluding hydrogens is 529 g/mol. The first-order chi connectivity index (χ1) is 15.4. The SMILES string of the molecule is O=C(O)CN(CC(=O)O)Cc1ccc(C(F)(F)C(F)(F)C(F)(F)C(F)(F)C(F)(F)C(F)(F)F)cc1. The Morgan fingerprint density at radius 2 is 1.00 bits per heavy atom. The fourth-order valence-electron chi connectivity index (χ4n) is 2.58. The number of hydrogen-bond donors (Lipinski definition) is 2. The highest BCUT2D eigenvalue weighted by Gasteiger charge is 2.90. The number of alkyl halides is 13. The minimum absolute atomic E-state index is 0.0981. The zero-order valence-electron chi connectivity index (χ0n) is 16.5. The van der Waals surface area contributed by atoms with Crippen molar-refractivity contribution in [3.63, 3.8) is 0 Å². The standard InChI is InChI=1S/C17H12F13NO4/c18-12(19,13(20,21)14(22,23)15(24,25)16(26,27)17(28,29)30)9-3-1-8(2-4-9)5-31(6-10(32)33)7-11(34)35/h1-4H,5-7H2,(H,32,33)(H,34,35). The smallest absolute Gasteiger partial charge is 0.460 e. The molecule has 0 heterocycles. The van der Waals surface area contributed by atoms with E-state index in [9.17, 15) is 66.7 Å². The summed E-state index contributed by atoms with van der Waals surface area (Å²) in [5, 5.41) is 17.4. The van der Waals surface area contributed by atoms with Gasteiger partial charge in [0.2, 0.25) is 0 Å². The second-order valence-electron chi connectivity index (χ2n) is 7.00. The van der Waals surface area contributed by atoms with Gasteiger partial charge in [0, 0.05) is 12.1 Å². The van der Waals surface area contributed by atoms with E-state index in [0.29, 0.717) is 17.0 Å². The number of carboxylic acids is 2. The molecule has 0 aliphatic heterocycles. The summed E-state index contributed by atoms with van der Waals surface area (Å²) in [6, 6.07) is 0.658. The van der Waals surface area contributed by atoms with Crippen LogP contribution < -0.4 is 0 Å². The molecule has 0 saturated carbocycles. The molecule has 1 aromatic rings. The molecule has 0 atom stereocenters. The zero-order valence-corrected chi connectivity index (χ0v) is 16.5. The zero-order chi connectivity index (χ0) is 27.8. The average Bonchev–Trinajstić information content (AvgIpc) is 2.65. The summed E-state index contributed by atoms with van der Waals surface area (Å²) in [7, 11) is 0. The Kier molecular flexibility index (Phi) is 8.07. The van der Waals surface area contributed by atoms with Crippen LogP contribution in [0.15, 0.2) is 24.3 Å². The molecule has 2 N–H and O–H groups in total. The predicted molar refractivity (Wildman–Crippen MR) is 86.7 cm³/mol. The molecule has 0 radical (unpaired) electrons. The Balaban J connectivity index is 3.37. The third kappa shape index (κ3) is 5.40. The van der Waals surface area contributed by atoms with Crippen LogP contribution in [0.25, 0.3) is 0 Å². The van der Waals surface area contributed by atoms with Crippen molar-refractivity contribution in [3.05, 3.63) is 35.4 Å². The lowest BCUT2D eigenvalue weighted by Gasteiger charge is -2.39. The summed E-state index contributed by atoms with van der Waals surface area (Å²) in [5.74, 6) is -40.8. The Morgan fingerprint density at radius 1 is 0.629 bits per heavy atom. The molecule has 35 heavy (non-hydrogen) atoms. The van der Waals surface area contributed by atoms with E-state index in [1.807, 2.05) is 0 Å². The second-order valence-corrected chi connectivity index (χ2v) is 7.00. The van der Waals surface area contributed by atoms with Gasteiger partial charge < -0.3 is 10.2 Å². The first-order valence-electron chi connectivity index (χ1n) is 8.64. The largest absolute Gasteiger partial charge is 0.480 e. The van der Waals surface area contributed by atoms with Crippen LogP contribution in [0.5, 0.6) is 0 Å². The lowest BCUT2D eigenvalue weighted by Crippen LogP contribution is -2.69. The van der Waals surface area contributed by atoms with Crippen molar-refractivity contribution in [2.45, 2.75) is 42.3 Å². The molecule has 0 spiro atoms. The van der Waals surface area contributed by atoms with Gasteiger partial charge >= 0.3 is 47.7 Å². The summed E-state index contributed by atoms with van der Waals surface area (Å²) in [4.78, 5) is 22.1. The summed E-state index contributed by atoms with van der Waals surface area (Å²) in [5.41, 5.74) is -2.49. The lowest BCUT2D eigenvalue weighted by molar-refractivity contribution is -0.441. The number of carbonyl (C=O) groups is 2. The van der Waals surface area contributed by atoms with Gasteiger partial charge in [-0.05, 0) is 5.56 Å². The van der Waals surface area contributed by atoms with E-state index in [0.717, 1.165) is 0 Å². The molecule has 0 saturated heterocycles. The predicted octanol–water partition coefficient (Wildman–Crippen LogP) is 4.85. The Bertz CT molecular complexity index is 913. The number of rotatable bonds is 11. The average molecular weight is 541 g/mol.